The van der Waals surface area contributed by atoms with E-state index in [-0.39, 0.29) is 12.0 Å². The molecule has 0 unspecified atom stereocenters. The van der Waals surface area contributed by atoms with Gasteiger partial charge >= 0.3 is 0 Å². The number of carbonyl (C=O) groups excluding carboxylic acids is 2. The molecular formula is C19H21N3O3. The van der Waals surface area contributed by atoms with Crippen LogP contribution in [0.3, 0.4) is 0 Å². The fourth-order valence-electron chi connectivity index (χ4n) is 2.84. The predicted molar refractivity (Wildman–Crippen MR) is 92.9 cm³/mol. The third kappa shape index (κ3) is 4.42. The quantitative estimate of drug-likeness (QED) is 0.903. The number of benzene rings is 1. The number of hydrogen-bond acceptors (Lipinski definition) is 4. The molecular weight excluding hydrogens is 318 g/mol. The number of piperidine rings is 1. The van der Waals surface area contributed by atoms with E-state index in [4.69, 9.17) is 10.5 Å². The molecule has 6 nitrogen and oxygen atoms in total. The van der Waals surface area contributed by atoms with Crippen molar-refractivity contribution in [3.8, 4) is 0 Å². The zero-order valence-electron chi connectivity index (χ0n) is 13.9. The van der Waals surface area contributed by atoms with E-state index in [2.05, 4.69) is 4.98 Å². The Hall–Kier alpha value is -2.73. The van der Waals surface area contributed by atoms with Crippen LogP contribution in [0.15, 0.2) is 48.7 Å². The van der Waals surface area contributed by atoms with E-state index < -0.39 is 5.91 Å². The second-order valence-corrected chi connectivity index (χ2v) is 6.08. The van der Waals surface area contributed by atoms with Gasteiger partial charge in [-0.15, -0.1) is 0 Å². The van der Waals surface area contributed by atoms with Crippen molar-refractivity contribution in [3.05, 3.63) is 65.5 Å². The van der Waals surface area contributed by atoms with E-state index >= 15 is 0 Å². The molecule has 1 saturated heterocycles. The molecule has 0 atom stereocenters. The molecule has 1 fully saturated rings. The first-order chi connectivity index (χ1) is 12.1. The van der Waals surface area contributed by atoms with Crippen LogP contribution in [0.25, 0.3) is 0 Å². The van der Waals surface area contributed by atoms with Crippen LogP contribution in [0.2, 0.25) is 0 Å². The van der Waals surface area contributed by atoms with Crippen molar-refractivity contribution >= 4 is 11.8 Å². The number of aromatic nitrogens is 1. The summed E-state index contributed by atoms with van der Waals surface area (Å²) in [6.07, 6.45) is 3.11. The summed E-state index contributed by atoms with van der Waals surface area (Å²) in [6, 6.07) is 13.1. The summed E-state index contributed by atoms with van der Waals surface area (Å²) in [5.41, 5.74) is 6.96. The zero-order valence-corrected chi connectivity index (χ0v) is 13.9. The van der Waals surface area contributed by atoms with Crippen molar-refractivity contribution in [2.75, 3.05) is 13.1 Å². The highest BCUT2D eigenvalue weighted by Gasteiger charge is 2.24. The van der Waals surface area contributed by atoms with Gasteiger partial charge in [-0.1, -0.05) is 30.3 Å². The van der Waals surface area contributed by atoms with Crippen LogP contribution >= 0.6 is 0 Å². The van der Waals surface area contributed by atoms with Crippen molar-refractivity contribution in [3.63, 3.8) is 0 Å². The van der Waals surface area contributed by atoms with E-state index in [1.807, 2.05) is 30.3 Å². The zero-order chi connectivity index (χ0) is 17.6. The van der Waals surface area contributed by atoms with Crippen LogP contribution in [-0.2, 0) is 11.3 Å². The molecule has 2 N–H and O–H groups in total. The normalized spacial score (nSPS) is 15.1. The van der Waals surface area contributed by atoms with Crippen LogP contribution in [0, 0.1) is 0 Å². The summed E-state index contributed by atoms with van der Waals surface area (Å²) in [6.45, 7) is 1.87. The number of carbonyl (C=O) groups is 2. The number of nitrogens with zero attached hydrogens (tertiary/aromatic N) is 2. The van der Waals surface area contributed by atoms with Gasteiger partial charge < -0.3 is 15.4 Å². The monoisotopic (exact) mass is 339 g/mol. The summed E-state index contributed by atoms with van der Waals surface area (Å²) < 4.78 is 5.94. The van der Waals surface area contributed by atoms with Gasteiger partial charge in [-0.25, -0.2) is 0 Å². The van der Waals surface area contributed by atoms with E-state index in [1.54, 1.807) is 11.0 Å². The second kappa shape index (κ2) is 7.90. The van der Waals surface area contributed by atoms with Crippen LogP contribution in [0.5, 0.6) is 0 Å². The maximum absolute atomic E-state index is 12.5. The Labute approximate surface area is 146 Å². The van der Waals surface area contributed by atoms with Gasteiger partial charge in [0.05, 0.1) is 18.3 Å². The number of amides is 2. The minimum Gasteiger partial charge on any atom is -0.373 e. The predicted octanol–water partition coefficient (Wildman–Crippen LogP) is 2.00. The fourth-order valence-corrected chi connectivity index (χ4v) is 2.84. The van der Waals surface area contributed by atoms with E-state index in [0.717, 1.165) is 18.4 Å². The molecule has 1 aromatic carbocycles. The largest absolute Gasteiger partial charge is 0.373 e. The topological polar surface area (TPSA) is 85.5 Å². The van der Waals surface area contributed by atoms with Gasteiger partial charge in [0.15, 0.2) is 0 Å². The standard InChI is InChI=1S/C19H21N3O3/c20-18(23)15-6-7-17(21-12-15)19(24)22-10-8-16(9-11-22)25-13-14-4-2-1-3-5-14/h1-7,12,16H,8-11,13H2,(H2,20,23). The molecule has 1 aliphatic heterocycles. The molecule has 0 saturated carbocycles. The number of pyridine rings is 1. The van der Waals surface area contributed by atoms with E-state index in [0.29, 0.717) is 31.0 Å². The molecule has 25 heavy (non-hydrogen) atoms. The van der Waals surface area contributed by atoms with E-state index in [9.17, 15) is 9.59 Å². The molecule has 130 valence electrons. The van der Waals surface area contributed by atoms with Gasteiger partial charge in [0.25, 0.3) is 5.91 Å². The molecule has 2 amide bonds. The highest BCUT2D eigenvalue weighted by atomic mass is 16.5. The van der Waals surface area contributed by atoms with Crippen molar-refractivity contribution in [1.29, 1.82) is 0 Å². The molecule has 0 spiro atoms. The summed E-state index contributed by atoms with van der Waals surface area (Å²) in [5.74, 6) is -0.680. The lowest BCUT2D eigenvalue weighted by Gasteiger charge is -2.31. The molecule has 2 heterocycles. The number of primary amides is 1. The van der Waals surface area contributed by atoms with Crippen molar-refractivity contribution < 1.29 is 14.3 Å². The number of likely N-dealkylation sites (tertiary alicyclic amines) is 1. The lowest BCUT2D eigenvalue weighted by molar-refractivity contribution is -0.000513. The smallest absolute Gasteiger partial charge is 0.272 e. The van der Waals surface area contributed by atoms with Crippen molar-refractivity contribution in [1.82, 2.24) is 9.88 Å². The summed E-state index contributed by atoms with van der Waals surface area (Å²) in [4.78, 5) is 29.3. The first-order valence-electron chi connectivity index (χ1n) is 8.34. The Morgan fingerprint density at radius 1 is 1.12 bits per heavy atom. The van der Waals surface area contributed by atoms with Crippen LogP contribution < -0.4 is 5.73 Å². The highest BCUT2D eigenvalue weighted by molar-refractivity contribution is 5.95. The van der Waals surface area contributed by atoms with Crippen LogP contribution in [0.1, 0.15) is 39.3 Å². The maximum Gasteiger partial charge on any atom is 0.272 e. The number of rotatable bonds is 5. The molecule has 1 aromatic heterocycles. The Morgan fingerprint density at radius 2 is 1.84 bits per heavy atom. The molecule has 1 aliphatic rings. The Balaban J connectivity index is 1.49. The van der Waals surface area contributed by atoms with Crippen molar-refractivity contribution in [2.45, 2.75) is 25.6 Å². The molecule has 6 heteroatoms. The van der Waals surface area contributed by atoms with Gasteiger partial charge in [-0.3, -0.25) is 14.6 Å². The van der Waals surface area contributed by atoms with E-state index in [1.165, 1.54) is 12.3 Å². The maximum atomic E-state index is 12.5. The molecule has 0 bridgehead atoms. The van der Waals surface area contributed by atoms with Gasteiger partial charge in [-0.2, -0.15) is 0 Å². The Bertz CT molecular complexity index is 723. The number of nitrogens with two attached hydrogens (primary N) is 1. The van der Waals surface area contributed by atoms with Gasteiger partial charge in [0, 0.05) is 19.3 Å². The Kier molecular flexibility index (Phi) is 5.40. The fraction of sp³-hybridized carbons (Fsp3) is 0.316. The number of hydrogen-bond donors (Lipinski definition) is 1. The molecule has 0 aliphatic carbocycles. The minimum atomic E-state index is -0.553. The summed E-state index contributed by atoms with van der Waals surface area (Å²) in [5, 5.41) is 0. The average Bonchev–Trinajstić information content (AvgIpc) is 2.67. The van der Waals surface area contributed by atoms with Gasteiger partial charge in [0.2, 0.25) is 5.91 Å². The summed E-state index contributed by atoms with van der Waals surface area (Å²) >= 11 is 0. The third-order valence-electron chi connectivity index (χ3n) is 4.32. The lowest BCUT2D eigenvalue weighted by atomic mass is 10.1. The van der Waals surface area contributed by atoms with Gasteiger partial charge in [-0.05, 0) is 30.5 Å². The molecule has 2 aromatic rings. The van der Waals surface area contributed by atoms with Crippen molar-refractivity contribution in [2.24, 2.45) is 5.73 Å². The average molecular weight is 339 g/mol. The highest BCUT2D eigenvalue weighted by Crippen LogP contribution is 2.17. The number of ether oxygens (including phenoxy) is 1. The lowest BCUT2D eigenvalue weighted by Crippen LogP contribution is -2.41. The third-order valence-corrected chi connectivity index (χ3v) is 4.32. The van der Waals surface area contributed by atoms with Gasteiger partial charge in [0.1, 0.15) is 5.69 Å². The van der Waals surface area contributed by atoms with Crippen LogP contribution in [0.4, 0.5) is 0 Å². The minimum absolute atomic E-state index is 0.127. The SMILES string of the molecule is NC(=O)c1ccc(C(=O)N2CCC(OCc3ccccc3)CC2)nc1. The Morgan fingerprint density at radius 3 is 2.44 bits per heavy atom. The summed E-state index contributed by atoms with van der Waals surface area (Å²) in [7, 11) is 0. The first kappa shape index (κ1) is 17.1. The molecule has 0 radical (unpaired) electrons. The first-order valence-corrected chi connectivity index (χ1v) is 8.34. The molecule has 3 rings (SSSR count). The second-order valence-electron chi connectivity index (χ2n) is 6.08. The van der Waals surface area contributed by atoms with Crippen LogP contribution in [-0.4, -0.2) is 40.9 Å².